The molecule has 3 N–H and O–H groups in total. The van der Waals surface area contributed by atoms with Gasteiger partial charge in [0.1, 0.15) is 0 Å². The van der Waals surface area contributed by atoms with E-state index in [0.717, 1.165) is 57.1 Å². The predicted octanol–water partition coefficient (Wildman–Crippen LogP) is 0.990. The third-order valence-electron chi connectivity index (χ3n) is 4.81. The van der Waals surface area contributed by atoms with Crippen molar-refractivity contribution in [2.75, 3.05) is 38.1 Å². The number of carbonyl (C=O) groups excluding carboxylic acids is 1. The van der Waals surface area contributed by atoms with E-state index in [0.29, 0.717) is 5.56 Å². The Kier molecular flexibility index (Phi) is 8.34. The predicted molar refractivity (Wildman–Crippen MR) is 104 cm³/mol. The summed E-state index contributed by atoms with van der Waals surface area (Å²) in [7, 11) is 2.12. The molecule has 25 heavy (non-hydrogen) atoms. The van der Waals surface area contributed by atoms with Crippen LogP contribution in [0.1, 0.15) is 35.3 Å². The summed E-state index contributed by atoms with van der Waals surface area (Å²) in [4.78, 5) is 25.8. The van der Waals surface area contributed by atoms with Crippen molar-refractivity contribution in [1.82, 2.24) is 20.2 Å². The number of aromatic nitrogens is 2. The van der Waals surface area contributed by atoms with Crippen LogP contribution in [0.15, 0.2) is 6.20 Å². The molecule has 1 saturated heterocycles. The van der Waals surface area contributed by atoms with Crippen molar-refractivity contribution in [2.45, 2.75) is 38.3 Å². The second kappa shape index (κ2) is 9.52. The van der Waals surface area contributed by atoms with Gasteiger partial charge in [-0.25, -0.2) is 9.97 Å². The lowest BCUT2D eigenvalue weighted by Crippen LogP contribution is -2.45. The van der Waals surface area contributed by atoms with E-state index in [-0.39, 0.29) is 42.8 Å². The van der Waals surface area contributed by atoms with Crippen LogP contribution in [0, 0.1) is 6.92 Å². The molecule has 1 saturated carbocycles. The molecule has 0 unspecified atom stereocenters. The smallest absolute Gasteiger partial charge is 0.254 e. The molecule has 0 radical (unpaired) electrons. The molecule has 7 nitrogen and oxygen atoms in total. The number of anilines is 1. The fourth-order valence-corrected chi connectivity index (χ4v) is 3.25. The molecular formula is C16H28Cl2N6O. The molecule has 3 rings (SSSR count). The number of piperazine rings is 1. The summed E-state index contributed by atoms with van der Waals surface area (Å²) in [5.74, 6) is 0.626. The fraction of sp³-hybridized carbons (Fsp3) is 0.688. The Bertz CT molecular complexity index is 580. The van der Waals surface area contributed by atoms with E-state index in [1.807, 2.05) is 6.92 Å². The number of likely N-dealkylation sites (N-methyl/N-ethyl adjacent to an activating group) is 1. The summed E-state index contributed by atoms with van der Waals surface area (Å²) in [6, 6.07) is 0.381. The van der Waals surface area contributed by atoms with Gasteiger partial charge in [0.2, 0.25) is 5.95 Å². The van der Waals surface area contributed by atoms with Gasteiger partial charge in [0.05, 0.1) is 11.3 Å². The number of amides is 1. The molecule has 0 bridgehead atoms. The molecule has 1 amide bonds. The molecule has 2 aliphatic rings. The van der Waals surface area contributed by atoms with Gasteiger partial charge in [0.25, 0.3) is 5.91 Å². The number of nitrogens with one attached hydrogen (secondary N) is 1. The highest BCUT2D eigenvalue weighted by Crippen LogP contribution is 2.18. The van der Waals surface area contributed by atoms with Crippen LogP contribution in [-0.2, 0) is 0 Å². The molecule has 2 atom stereocenters. The molecule has 1 aromatic rings. The number of carbonyl (C=O) groups is 1. The molecule has 1 aromatic heterocycles. The molecular weight excluding hydrogens is 363 g/mol. The van der Waals surface area contributed by atoms with Gasteiger partial charge in [0.15, 0.2) is 0 Å². The maximum atomic E-state index is 12.4. The first-order valence-corrected chi connectivity index (χ1v) is 8.36. The lowest BCUT2D eigenvalue weighted by Gasteiger charge is -2.32. The Morgan fingerprint density at radius 3 is 2.48 bits per heavy atom. The van der Waals surface area contributed by atoms with Gasteiger partial charge >= 0.3 is 0 Å². The van der Waals surface area contributed by atoms with Gasteiger partial charge in [-0.1, -0.05) is 0 Å². The monoisotopic (exact) mass is 390 g/mol. The first kappa shape index (κ1) is 21.9. The lowest BCUT2D eigenvalue weighted by molar-refractivity contribution is 0.0936. The fourth-order valence-electron chi connectivity index (χ4n) is 3.25. The molecule has 2 heterocycles. The lowest BCUT2D eigenvalue weighted by atomic mass is 10.2. The third kappa shape index (κ3) is 5.41. The minimum absolute atomic E-state index is 0. The Labute approximate surface area is 161 Å². The highest BCUT2D eigenvalue weighted by atomic mass is 35.5. The highest BCUT2D eigenvalue weighted by molar-refractivity contribution is 5.95. The molecule has 1 aliphatic heterocycles. The van der Waals surface area contributed by atoms with Crippen LogP contribution in [0.4, 0.5) is 5.95 Å². The average molecular weight is 391 g/mol. The number of nitrogens with zero attached hydrogens (tertiary/aromatic N) is 4. The Hall–Kier alpha value is -1.15. The number of aryl methyl sites for hydroxylation is 1. The SMILES string of the molecule is Cc1nc(N2CCN(C)CC2)ncc1C(=O)N[C@@H]1CC[C@@H](N)C1.Cl.Cl. The van der Waals surface area contributed by atoms with Crippen LogP contribution in [0.3, 0.4) is 0 Å². The van der Waals surface area contributed by atoms with Crippen LogP contribution < -0.4 is 16.0 Å². The zero-order valence-electron chi connectivity index (χ0n) is 14.8. The number of nitrogens with two attached hydrogens (primary N) is 1. The van der Waals surface area contributed by atoms with Crippen molar-refractivity contribution in [3.8, 4) is 0 Å². The summed E-state index contributed by atoms with van der Waals surface area (Å²) in [6.45, 7) is 5.72. The van der Waals surface area contributed by atoms with Crippen molar-refractivity contribution in [1.29, 1.82) is 0 Å². The molecule has 9 heteroatoms. The zero-order chi connectivity index (χ0) is 16.4. The largest absolute Gasteiger partial charge is 0.349 e. The standard InChI is InChI=1S/C16H26N6O.2ClH/c1-11-14(15(23)20-13-4-3-12(17)9-13)10-18-16(19-11)22-7-5-21(2)6-8-22;;/h10,12-13H,3-9,17H2,1-2H3,(H,20,23);2*1H/t12-,13-;;/m1../s1. The summed E-state index contributed by atoms with van der Waals surface area (Å²) in [5, 5.41) is 3.05. The Morgan fingerprint density at radius 2 is 1.92 bits per heavy atom. The van der Waals surface area contributed by atoms with E-state index in [2.05, 4.69) is 32.1 Å². The van der Waals surface area contributed by atoms with Crippen molar-refractivity contribution >= 4 is 36.7 Å². The van der Waals surface area contributed by atoms with E-state index < -0.39 is 0 Å². The van der Waals surface area contributed by atoms with Crippen molar-refractivity contribution in [3.63, 3.8) is 0 Å². The average Bonchev–Trinajstić information content (AvgIpc) is 2.92. The van der Waals surface area contributed by atoms with Gasteiger partial charge in [-0.3, -0.25) is 4.79 Å². The number of hydrogen-bond acceptors (Lipinski definition) is 6. The normalized spacial score (nSPS) is 23.6. The quantitative estimate of drug-likeness (QED) is 0.799. The summed E-state index contributed by atoms with van der Waals surface area (Å²) in [5.41, 5.74) is 7.19. The number of rotatable bonds is 3. The van der Waals surface area contributed by atoms with Crippen molar-refractivity contribution in [2.24, 2.45) is 5.73 Å². The van der Waals surface area contributed by atoms with Crippen LogP contribution in [0.2, 0.25) is 0 Å². The summed E-state index contributed by atoms with van der Waals surface area (Å²) < 4.78 is 0. The van der Waals surface area contributed by atoms with Gasteiger partial charge in [-0.2, -0.15) is 0 Å². The van der Waals surface area contributed by atoms with E-state index in [1.165, 1.54) is 0 Å². The maximum absolute atomic E-state index is 12.4. The molecule has 0 aromatic carbocycles. The first-order valence-electron chi connectivity index (χ1n) is 8.36. The van der Waals surface area contributed by atoms with Crippen LogP contribution in [0.5, 0.6) is 0 Å². The van der Waals surface area contributed by atoms with Crippen molar-refractivity contribution < 1.29 is 4.79 Å². The van der Waals surface area contributed by atoms with Crippen LogP contribution in [0.25, 0.3) is 0 Å². The highest BCUT2D eigenvalue weighted by Gasteiger charge is 2.25. The topological polar surface area (TPSA) is 87.4 Å². The molecule has 2 fully saturated rings. The molecule has 0 spiro atoms. The minimum atomic E-state index is -0.0912. The maximum Gasteiger partial charge on any atom is 0.254 e. The first-order chi connectivity index (χ1) is 11.0. The second-order valence-corrected chi connectivity index (χ2v) is 6.70. The van der Waals surface area contributed by atoms with E-state index in [9.17, 15) is 4.79 Å². The minimum Gasteiger partial charge on any atom is -0.349 e. The molecule has 1 aliphatic carbocycles. The van der Waals surface area contributed by atoms with E-state index in [4.69, 9.17) is 5.73 Å². The third-order valence-corrected chi connectivity index (χ3v) is 4.81. The van der Waals surface area contributed by atoms with Gasteiger partial charge in [0, 0.05) is 44.5 Å². The number of halogens is 2. The van der Waals surface area contributed by atoms with E-state index >= 15 is 0 Å². The number of hydrogen-bond donors (Lipinski definition) is 2. The summed E-state index contributed by atoms with van der Waals surface area (Å²) >= 11 is 0. The molecule has 142 valence electrons. The van der Waals surface area contributed by atoms with Crippen molar-refractivity contribution in [3.05, 3.63) is 17.5 Å². The van der Waals surface area contributed by atoms with Crippen LogP contribution in [-0.4, -0.2) is 66.1 Å². The summed E-state index contributed by atoms with van der Waals surface area (Å²) in [6.07, 6.45) is 4.43. The van der Waals surface area contributed by atoms with Crippen LogP contribution >= 0.6 is 24.8 Å². The van der Waals surface area contributed by atoms with Gasteiger partial charge < -0.3 is 20.9 Å². The van der Waals surface area contributed by atoms with E-state index in [1.54, 1.807) is 6.20 Å². The van der Waals surface area contributed by atoms with Gasteiger partial charge in [-0.05, 0) is 33.2 Å². The second-order valence-electron chi connectivity index (χ2n) is 6.70. The Morgan fingerprint density at radius 1 is 1.24 bits per heavy atom. The zero-order valence-corrected chi connectivity index (χ0v) is 16.4. The Balaban J connectivity index is 0.00000156. The van der Waals surface area contributed by atoms with Gasteiger partial charge in [-0.15, -0.1) is 24.8 Å².